The molecule has 2 heterocycles. The summed E-state index contributed by atoms with van der Waals surface area (Å²) < 4.78 is 11.0. The molecular weight excluding hydrogens is 314 g/mol. The molecule has 1 aliphatic carbocycles. The number of hydrogen-bond acceptors (Lipinski definition) is 6. The first-order valence-electron chi connectivity index (χ1n) is 7.50. The van der Waals surface area contributed by atoms with Crippen LogP contribution in [0, 0.1) is 0 Å². The molecule has 0 atom stereocenters. The summed E-state index contributed by atoms with van der Waals surface area (Å²) in [7, 11) is 0. The van der Waals surface area contributed by atoms with Crippen molar-refractivity contribution in [3.05, 3.63) is 34.8 Å². The van der Waals surface area contributed by atoms with Gasteiger partial charge in [-0.1, -0.05) is 17.4 Å². The molecule has 0 saturated heterocycles. The number of hydrogen-bond donors (Lipinski definition) is 1. The summed E-state index contributed by atoms with van der Waals surface area (Å²) in [6.07, 6.45) is 5.55. The van der Waals surface area contributed by atoms with Crippen molar-refractivity contribution in [3.8, 4) is 11.5 Å². The third-order valence-electron chi connectivity index (χ3n) is 3.59. The van der Waals surface area contributed by atoms with Gasteiger partial charge in [-0.3, -0.25) is 10.1 Å². The fourth-order valence-corrected chi connectivity index (χ4v) is 3.18. The van der Waals surface area contributed by atoms with Crippen LogP contribution in [0.4, 0.5) is 5.13 Å². The van der Waals surface area contributed by atoms with Crippen molar-refractivity contribution in [1.29, 1.82) is 0 Å². The molecule has 0 radical (unpaired) electrons. The summed E-state index contributed by atoms with van der Waals surface area (Å²) in [5.41, 5.74) is 0.875. The second-order valence-corrected chi connectivity index (χ2v) is 6.45. The lowest BCUT2D eigenvalue weighted by atomic mass is 10.2. The molecule has 1 aliphatic heterocycles. The standard InChI is InChI=1S/C16H15N3O3S/c20-14(17-16-19-18-15(23-16)11-3-4-11)6-2-10-1-5-12-13(9-10)22-8-7-21-12/h1-2,5-6,9,11H,3-4,7-8H2,(H,17,19,20). The van der Waals surface area contributed by atoms with Crippen LogP contribution < -0.4 is 14.8 Å². The van der Waals surface area contributed by atoms with E-state index in [1.165, 1.54) is 30.3 Å². The largest absolute Gasteiger partial charge is 0.486 e. The highest BCUT2D eigenvalue weighted by Crippen LogP contribution is 2.42. The third kappa shape index (κ3) is 3.34. The molecule has 6 nitrogen and oxygen atoms in total. The molecule has 2 aliphatic rings. The van der Waals surface area contributed by atoms with E-state index in [0.29, 0.717) is 30.0 Å². The van der Waals surface area contributed by atoms with E-state index >= 15 is 0 Å². The Morgan fingerprint density at radius 2 is 2.04 bits per heavy atom. The fourth-order valence-electron chi connectivity index (χ4n) is 2.26. The predicted molar refractivity (Wildman–Crippen MR) is 87.0 cm³/mol. The number of aromatic nitrogens is 2. The maximum Gasteiger partial charge on any atom is 0.250 e. The molecule has 4 rings (SSSR count). The van der Waals surface area contributed by atoms with Gasteiger partial charge in [0.25, 0.3) is 0 Å². The fraction of sp³-hybridized carbons (Fsp3) is 0.312. The third-order valence-corrected chi connectivity index (χ3v) is 4.59. The van der Waals surface area contributed by atoms with Crippen LogP contribution in [0.15, 0.2) is 24.3 Å². The highest BCUT2D eigenvalue weighted by atomic mass is 32.1. The number of benzene rings is 1. The van der Waals surface area contributed by atoms with E-state index < -0.39 is 0 Å². The van der Waals surface area contributed by atoms with Gasteiger partial charge in [-0.2, -0.15) is 0 Å². The summed E-state index contributed by atoms with van der Waals surface area (Å²) in [6.45, 7) is 1.11. The van der Waals surface area contributed by atoms with Gasteiger partial charge in [-0.25, -0.2) is 0 Å². The number of carbonyl (C=O) groups excluding carboxylic acids is 1. The molecule has 7 heteroatoms. The average molecular weight is 329 g/mol. The van der Waals surface area contributed by atoms with Crippen LogP contribution in [0.1, 0.15) is 29.3 Å². The Labute approximate surface area is 137 Å². The van der Waals surface area contributed by atoms with Crippen LogP contribution in [-0.2, 0) is 4.79 Å². The van der Waals surface area contributed by atoms with Crippen LogP contribution in [0.3, 0.4) is 0 Å². The van der Waals surface area contributed by atoms with Crippen molar-refractivity contribution in [2.45, 2.75) is 18.8 Å². The summed E-state index contributed by atoms with van der Waals surface area (Å²) in [5, 5.41) is 12.4. The minimum atomic E-state index is -0.224. The Morgan fingerprint density at radius 1 is 1.22 bits per heavy atom. The maximum atomic E-state index is 12.0. The van der Waals surface area contributed by atoms with Crippen molar-refractivity contribution in [1.82, 2.24) is 10.2 Å². The van der Waals surface area contributed by atoms with E-state index in [4.69, 9.17) is 9.47 Å². The van der Waals surface area contributed by atoms with E-state index in [1.54, 1.807) is 6.08 Å². The van der Waals surface area contributed by atoms with E-state index in [0.717, 1.165) is 16.3 Å². The van der Waals surface area contributed by atoms with Gasteiger partial charge in [-0.05, 0) is 36.6 Å². The minimum absolute atomic E-state index is 0.224. The molecule has 0 unspecified atom stereocenters. The highest BCUT2D eigenvalue weighted by molar-refractivity contribution is 7.15. The zero-order valence-corrected chi connectivity index (χ0v) is 13.1. The lowest BCUT2D eigenvalue weighted by Crippen LogP contribution is -2.15. The number of anilines is 1. The van der Waals surface area contributed by atoms with Crippen molar-refractivity contribution in [3.63, 3.8) is 0 Å². The van der Waals surface area contributed by atoms with Gasteiger partial charge >= 0.3 is 0 Å². The molecule has 118 valence electrons. The Kier molecular flexibility index (Phi) is 3.70. The maximum absolute atomic E-state index is 12.0. The number of ether oxygens (including phenoxy) is 2. The Bertz CT molecular complexity index is 768. The van der Waals surface area contributed by atoms with Crippen LogP contribution in [-0.4, -0.2) is 29.3 Å². The Morgan fingerprint density at radius 3 is 2.87 bits per heavy atom. The smallest absolute Gasteiger partial charge is 0.250 e. The van der Waals surface area contributed by atoms with Gasteiger partial charge in [0.2, 0.25) is 11.0 Å². The quantitative estimate of drug-likeness (QED) is 0.873. The topological polar surface area (TPSA) is 73.3 Å². The molecule has 1 saturated carbocycles. The summed E-state index contributed by atoms with van der Waals surface area (Å²) in [4.78, 5) is 12.0. The first-order chi connectivity index (χ1) is 11.3. The SMILES string of the molecule is O=C(C=Cc1ccc2c(c1)OCCO2)Nc1nnc(C2CC2)s1. The number of rotatable bonds is 4. The van der Waals surface area contributed by atoms with E-state index in [-0.39, 0.29) is 5.91 Å². The van der Waals surface area contributed by atoms with E-state index in [1.807, 2.05) is 18.2 Å². The van der Waals surface area contributed by atoms with Gasteiger partial charge in [0.05, 0.1) is 0 Å². The Hall–Kier alpha value is -2.41. The second kappa shape index (κ2) is 6.00. The van der Waals surface area contributed by atoms with Gasteiger partial charge < -0.3 is 9.47 Å². The molecule has 1 aromatic heterocycles. The number of carbonyl (C=O) groups is 1. The molecule has 1 aromatic carbocycles. The van der Waals surface area contributed by atoms with Crippen molar-refractivity contribution in [2.75, 3.05) is 18.5 Å². The summed E-state index contributed by atoms with van der Waals surface area (Å²) in [5.74, 6) is 1.76. The molecule has 1 fully saturated rings. The minimum Gasteiger partial charge on any atom is -0.486 e. The zero-order valence-electron chi connectivity index (χ0n) is 12.3. The lowest BCUT2D eigenvalue weighted by Gasteiger charge is -2.18. The number of fused-ring (bicyclic) bond motifs is 1. The average Bonchev–Trinajstić information content (AvgIpc) is 3.33. The van der Waals surface area contributed by atoms with Gasteiger partial charge in [0.1, 0.15) is 18.2 Å². The van der Waals surface area contributed by atoms with Crippen molar-refractivity contribution in [2.24, 2.45) is 0 Å². The summed E-state index contributed by atoms with van der Waals surface area (Å²) in [6, 6.07) is 5.58. The number of nitrogens with zero attached hydrogens (tertiary/aromatic N) is 2. The van der Waals surface area contributed by atoms with Gasteiger partial charge in [0, 0.05) is 12.0 Å². The van der Waals surface area contributed by atoms with E-state index in [9.17, 15) is 4.79 Å². The molecule has 0 bridgehead atoms. The second-order valence-electron chi connectivity index (χ2n) is 5.45. The van der Waals surface area contributed by atoms with Crippen molar-refractivity contribution < 1.29 is 14.3 Å². The van der Waals surface area contributed by atoms with Crippen molar-refractivity contribution >= 4 is 28.5 Å². The molecular formula is C16H15N3O3S. The zero-order chi connectivity index (χ0) is 15.6. The predicted octanol–water partition coefficient (Wildman–Crippen LogP) is 2.84. The molecule has 1 N–H and O–H groups in total. The number of amides is 1. The Balaban J connectivity index is 1.40. The molecule has 2 aromatic rings. The number of nitrogens with one attached hydrogen (secondary N) is 1. The van der Waals surface area contributed by atoms with Crippen LogP contribution >= 0.6 is 11.3 Å². The van der Waals surface area contributed by atoms with Crippen LogP contribution in [0.2, 0.25) is 0 Å². The lowest BCUT2D eigenvalue weighted by molar-refractivity contribution is -0.111. The first-order valence-corrected chi connectivity index (χ1v) is 8.32. The van der Waals surface area contributed by atoms with Gasteiger partial charge in [-0.15, -0.1) is 10.2 Å². The molecule has 23 heavy (non-hydrogen) atoms. The molecule has 0 spiro atoms. The van der Waals surface area contributed by atoms with Crippen LogP contribution in [0.25, 0.3) is 6.08 Å². The van der Waals surface area contributed by atoms with Gasteiger partial charge in [0.15, 0.2) is 11.5 Å². The molecule has 1 amide bonds. The highest BCUT2D eigenvalue weighted by Gasteiger charge is 2.27. The summed E-state index contributed by atoms with van der Waals surface area (Å²) >= 11 is 1.45. The van der Waals surface area contributed by atoms with Crippen LogP contribution in [0.5, 0.6) is 11.5 Å². The van der Waals surface area contributed by atoms with E-state index in [2.05, 4.69) is 15.5 Å². The first kappa shape index (κ1) is 14.2. The monoisotopic (exact) mass is 329 g/mol. The normalized spacial score (nSPS) is 16.5.